The quantitative estimate of drug-likeness (QED) is 0.124. The van der Waals surface area contributed by atoms with Gasteiger partial charge < -0.3 is 15.2 Å². The van der Waals surface area contributed by atoms with Gasteiger partial charge in [-0.3, -0.25) is 0 Å². The van der Waals surface area contributed by atoms with E-state index >= 15 is 0 Å². The molecule has 5 aromatic carbocycles. The number of hydrogen-bond acceptors (Lipinski definition) is 0. The molecule has 1 aromatic heterocycles. The predicted octanol–water partition coefficient (Wildman–Crippen LogP) is 11.4. The first-order chi connectivity index (χ1) is 20.8. The standard InChI is InChI=1S/C19H23N3.3C7H7.Hf/c1-13(2)20-19(21-14(3)4)22-17-11-7-5-9-15(17)16-10-6-8-12-18(16)22;3*1-7-5-3-2-4-6-7;/h5-14,19H,1-4H3;3*2-6H,1H2;/q-2;3*-1;. The molecule has 0 aliphatic heterocycles. The first-order valence-corrected chi connectivity index (χ1v) is 14.7. The van der Waals surface area contributed by atoms with Crippen LogP contribution in [0.5, 0.6) is 0 Å². The van der Waals surface area contributed by atoms with Gasteiger partial charge in [0.15, 0.2) is 0 Å². The minimum absolute atomic E-state index is 0. The minimum Gasteiger partial charge on any atom is -0.658 e. The summed E-state index contributed by atoms with van der Waals surface area (Å²) in [6, 6.07) is 47.1. The molecule has 0 aliphatic carbocycles. The number of fused-ring (bicyclic) bond motifs is 3. The summed E-state index contributed by atoms with van der Waals surface area (Å²) in [5, 5.41) is 12.2. The molecule has 0 fully saturated rings. The van der Waals surface area contributed by atoms with Crippen LogP contribution >= 0.6 is 0 Å². The summed E-state index contributed by atoms with van der Waals surface area (Å²) in [7, 11) is 0. The summed E-state index contributed by atoms with van der Waals surface area (Å²) in [5.41, 5.74) is 5.61. The van der Waals surface area contributed by atoms with Crippen molar-refractivity contribution in [1.82, 2.24) is 4.57 Å². The van der Waals surface area contributed by atoms with Gasteiger partial charge in [0.25, 0.3) is 0 Å². The van der Waals surface area contributed by atoms with Crippen LogP contribution < -0.4 is 0 Å². The number of benzene rings is 5. The maximum absolute atomic E-state index is 4.86. The summed E-state index contributed by atoms with van der Waals surface area (Å²) in [6.07, 6.45) is -0.176. The zero-order valence-electron chi connectivity index (χ0n) is 26.5. The molecular weight excluding hydrogens is 701 g/mol. The van der Waals surface area contributed by atoms with Crippen molar-refractivity contribution in [2.24, 2.45) is 0 Å². The summed E-state index contributed by atoms with van der Waals surface area (Å²) in [5.74, 6) is 0. The van der Waals surface area contributed by atoms with E-state index in [2.05, 4.69) is 102 Å². The molecule has 0 saturated carbocycles. The van der Waals surface area contributed by atoms with E-state index in [4.69, 9.17) is 10.6 Å². The third-order valence-corrected chi connectivity index (χ3v) is 6.24. The molecule has 0 amide bonds. The van der Waals surface area contributed by atoms with Crippen LogP contribution in [0.1, 0.15) is 50.7 Å². The maximum Gasteiger partial charge on any atom is 0.0461 e. The van der Waals surface area contributed by atoms with Crippen LogP contribution in [0.4, 0.5) is 0 Å². The third-order valence-electron chi connectivity index (χ3n) is 6.24. The van der Waals surface area contributed by atoms with Crippen LogP contribution in [0.25, 0.3) is 32.4 Å². The molecule has 1 heterocycles. The van der Waals surface area contributed by atoms with Crippen LogP contribution in [0.15, 0.2) is 140 Å². The molecule has 0 aliphatic rings. The van der Waals surface area contributed by atoms with Crippen molar-refractivity contribution in [3.63, 3.8) is 0 Å². The largest absolute Gasteiger partial charge is 0.658 e. The van der Waals surface area contributed by atoms with Crippen LogP contribution in [0, 0.1) is 20.8 Å². The maximum atomic E-state index is 4.86. The molecule has 44 heavy (non-hydrogen) atoms. The Bertz CT molecular complexity index is 1440. The Morgan fingerprint density at radius 2 is 0.705 bits per heavy atom. The molecular formula is C40H44HfN3-5. The third kappa shape index (κ3) is 12.1. The van der Waals surface area contributed by atoms with E-state index in [9.17, 15) is 0 Å². The van der Waals surface area contributed by atoms with Crippen LogP contribution in [-0.4, -0.2) is 16.7 Å². The molecule has 228 valence electrons. The number of para-hydroxylation sites is 2. The van der Waals surface area contributed by atoms with Crippen molar-refractivity contribution in [3.05, 3.63) is 188 Å². The van der Waals surface area contributed by atoms with Crippen molar-refractivity contribution >= 4 is 21.8 Å². The van der Waals surface area contributed by atoms with Crippen molar-refractivity contribution in [1.29, 1.82) is 0 Å². The van der Waals surface area contributed by atoms with Crippen LogP contribution in [0.2, 0.25) is 0 Å². The molecule has 6 rings (SSSR count). The summed E-state index contributed by atoms with van der Waals surface area (Å²) in [4.78, 5) is 0. The fourth-order valence-corrected chi connectivity index (χ4v) is 4.34. The Balaban J connectivity index is 0.000000249. The molecule has 0 spiro atoms. The Labute approximate surface area is 284 Å². The summed E-state index contributed by atoms with van der Waals surface area (Å²) in [6.45, 7) is 19.6. The zero-order valence-corrected chi connectivity index (χ0v) is 30.1. The van der Waals surface area contributed by atoms with E-state index in [1.54, 1.807) is 0 Å². The first-order valence-electron chi connectivity index (χ1n) is 14.7. The number of rotatable bonds is 5. The second-order valence-electron chi connectivity index (χ2n) is 10.7. The molecule has 0 bridgehead atoms. The average Bonchev–Trinajstić information content (AvgIpc) is 3.33. The SMILES string of the molecule is CC(C)[N-]C([N-]C(C)C)n1c2ccccc2c2ccccc21.[CH2-]c1ccccc1.[CH2-]c1ccccc1.[CH2-]c1ccccc1.[Hf]. The van der Waals surface area contributed by atoms with E-state index in [1.165, 1.54) is 21.8 Å². The van der Waals surface area contributed by atoms with Gasteiger partial charge in [-0.05, 0) is 12.1 Å². The van der Waals surface area contributed by atoms with E-state index in [0.29, 0.717) is 0 Å². The molecule has 0 atom stereocenters. The van der Waals surface area contributed by atoms with Gasteiger partial charge in [-0.1, -0.05) is 82.3 Å². The number of hydrogen-bond donors (Lipinski definition) is 0. The van der Waals surface area contributed by atoms with Crippen LogP contribution in [0.3, 0.4) is 0 Å². The molecule has 0 radical (unpaired) electrons. The molecule has 0 unspecified atom stereocenters. The van der Waals surface area contributed by atoms with Gasteiger partial charge in [0.05, 0.1) is 0 Å². The normalized spacial score (nSPS) is 10.2. The van der Waals surface area contributed by atoms with Crippen LogP contribution in [-0.2, 0) is 25.8 Å². The molecule has 3 nitrogen and oxygen atoms in total. The van der Waals surface area contributed by atoms with Crippen molar-refractivity contribution in [2.45, 2.75) is 46.1 Å². The van der Waals surface area contributed by atoms with Crippen molar-refractivity contribution < 1.29 is 25.8 Å². The van der Waals surface area contributed by atoms with Gasteiger partial charge in [-0.25, -0.2) is 0 Å². The predicted molar refractivity (Wildman–Crippen MR) is 188 cm³/mol. The Morgan fingerprint density at radius 1 is 0.432 bits per heavy atom. The van der Waals surface area contributed by atoms with Gasteiger partial charge in [-0.15, -0.1) is 48.5 Å². The summed E-state index contributed by atoms with van der Waals surface area (Å²) >= 11 is 0. The monoisotopic (exact) mass is 746 g/mol. The summed E-state index contributed by atoms with van der Waals surface area (Å²) < 4.78 is 2.27. The Hall–Kier alpha value is -3.70. The number of aromatic nitrogens is 1. The Kier molecular flexibility index (Phi) is 16.2. The first kappa shape index (κ1) is 36.5. The average molecular weight is 745 g/mol. The van der Waals surface area contributed by atoms with Gasteiger partial charge in [0.2, 0.25) is 0 Å². The molecule has 4 heteroatoms. The van der Waals surface area contributed by atoms with Gasteiger partial charge in [-0.2, -0.15) is 80.1 Å². The van der Waals surface area contributed by atoms with E-state index in [-0.39, 0.29) is 44.2 Å². The smallest absolute Gasteiger partial charge is 0.0461 e. The van der Waals surface area contributed by atoms with Crippen molar-refractivity contribution in [2.75, 3.05) is 0 Å². The number of nitrogens with zero attached hydrogens (tertiary/aromatic N) is 3. The van der Waals surface area contributed by atoms with Crippen molar-refractivity contribution in [3.8, 4) is 0 Å². The minimum atomic E-state index is -0.176. The topological polar surface area (TPSA) is 33.1 Å². The van der Waals surface area contributed by atoms with E-state index < -0.39 is 0 Å². The van der Waals surface area contributed by atoms with Gasteiger partial charge in [0, 0.05) is 47.6 Å². The zero-order chi connectivity index (χ0) is 31.0. The fourth-order valence-electron chi connectivity index (χ4n) is 4.34. The fraction of sp³-hybridized carbons (Fsp3) is 0.175. The molecule has 0 N–H and O–H groups in total. The van der Waals surface area contributed by atoms with E-state index in [0.717, 1.165) is 16.7 Å². The second kappa shape index (κ2) is 19.6. The van der Waals surface area contributed by atoms with Gasteiger partial charge in [0.1, 0.15) is 0 Å². The second-order valence-corrected chi connectivity index (χ2v) is 10.7. The molecule has 0 saturated heterocycles. The Morgan fingerprint density at radius 3 is 0.955 bits per heavy atom. The van der Waals surface area contributed by atoms with E-state index in [1.807, 2.05) is 91.0 Å². The van der Waals surface area contributed by atoms with Gasteiger partial charge >= 0.3 is 0 Å². The molecule has 6 aromatic rings.